The predicted octanol–water partition coefficient (Wildman–Crippen LogP) is 2.86. The van der Waals surface area contributed by atoms with Crippen LogP contribution in [0.4, 0.5) is 0 Å². The average molecular weight is 288 g/mol. The Hall–Kier alpha value is -1.88. The summed E-state index contributed by atoms with van der Waals surface area (Å²) in [6, 6.07) is 6.58. The van der Waals surface area contributed by atoms with E-state index >= 15 is 0 Å². The predicted molar refractivity (Wildman–Crippen MR) is 83.3 cm³/mol. The number of hydrogen-bond donors (Lipinski definition) is 1. The van der Waals surface area contributed by atoms with Gasteiger partial charge in [0.05, 0.1) is 0 Å². The number of ether oxygens (including phenoxy) is 1. The van der Waals surface area contributed by atoms with Gasteiger partial charge in [-0.25, -0.2) is 9.67 Å². The first-order valence-corrected chi connectivity index (χ1v) is 7.49. The quantitative estimate of drug-likeness (QED) is 0.851. The Balaban J connectivity index is 2.16. The van der Waals surface area contributed by atoms with Crippen molar-refractivity contribution in [2.75, 3.05) is 6.54 Å². The Morgan fingerprint density at radius 1 is 1.33 bits per heavy atom. The summed E-state index contributed by atoms with van der Waals surface area (Å²) in [5.41, 5.74) is 2.36. The van der Waals surface area contributed by atoms with Crippen LogP contribution in [0.2, 0.25) is 0 Å². The highest BCUT2D eigenvalue weighted by Gasteiger charge is 2.12. The maximum atomic E-state index is 6.01. The minimum Gasteiger partial charge on any atom is -0.485 e. The molecule has 1 aromatic heterocycles. The monoisotopic (exact) mass is 288 g/mol. The van der Waals surface area contributed by atoms with E-state index in [1.54, 1.807) is 6.33 Å². The van der Waals surface area contributed by atoms with Gasteiger partial charge >= 0.3 is 0 Å². The highest BCUT2D eigenvalue weighted by atomic mass is 16.5. The lowest BCUT2D eigenvalue weighted by Gasteiger charge is -2.18. The van der Waals surface area contributed by atoms with Gasteiger partial charge in [0.2, 0.25) is 0 Å². The van der Waals surface area contributed by atoms with Crippen LogP contribution in [-0.4, -0.2) is 21.3 Å². The van der Waals surface area contributed by atoms with Crippen LogP contribution in [0, 0.1) is 6.92 Å². The molecule has 2 aromatic rings. The summed E-state index contributed by atoms with van der Waals surface area (Å²) in [7, 11) is 0. The maximum Gasteiger partial charge on any atom is 0.164 e. The largest absolute Gasteiger partial charge is 0.485 e. The van der Waals surface area contributed by atoms with E-state index in [2.05, 4.69) is 54.4 Å². The van der Waals surface area contributed by atoms with Gasteiger partial charge in [-0.05, 0) is 38.9 Å². The van der Waals surface area contributed by atoms with E-state index in [0.717, 1.165) is 24.7 Å². The van der Waals surface area contributed by atoms with Gasteiger partial charge in [0.25, 0.3) is 0 Å². The molecule has 0 saturated heterocycles. The van der Waals surface area contributed by atoms with E-state index in [4.69, 9.17) is 4.74 Å². The first kappa shape index (κ1) is 15.5. The Morgan fingerprint density at radius 2 is 2.14 bits per heavy atom. The summed E-state index contributed by atoms with van der Waals surface area (Å²) in [6.07, 6.45) is 1.57. The van der Waals surface area contributed by atoms with Gasteiger partial charge in [0.1, 0.15) is 18.7 Å². The van der Waals surface area contributed by atoms with Gasteiger partial charge in [-0.2, -0.15) is 5.10 Å². The van der Waals surface area contributed by atoms with Crippen LogP contribution >= 0.6 is 0 Å². The Bertz CT molecular complexity index is 579. The molecule has 0 radical (unpaired) electrons. The second-order valence-corrected chi connectivity index (χ2v) is 5.10. The summed E-state index contributed by atoms with van der Waals surface area (Å²) in [5, 5.41) is 7.59. The third-order valence-corrected chi connectivity index (χ3v) is 3.50. The lowest BCUT2D eigenvalue weighted by atomic mass is 10.0. The van der Waals surface area contributed by atoms with E-state index in [-0.39, 0.29) is 6.04 Å². The molecule has 114 valence electrons. The molecule has 1 atom stereocenters. The molecule has 0 amide bonds. The van der Waals surface area contributed by atoms with Gasteiger partial charge in [0.15, 0.2) is 5.82 Å². The molecule has 1 aromatic carbocycles. The highest BCUT2D eigenvalue weighted by Crippen LogP contribution is 2.27. The van der Waals surface area contributed by atoms with Crippen LogP contribution < -0.4 is 10.1 Å². The highest BCUT2D eigenvalue weighted by molar-refractivity contribution is 5.39. The van der Waals surface area contributed by atoms with Gasteiger partial charge in [-0.3, -0.25) is 0 Å². The molecule has 1 N–H and O–H groups in total. The zero-order valence-electron chi connectivity index (χ0n) is 13.3. The zero-order chi connectivity index (χ0) is 15.2. The smallest absolute Gasteiger partial charge is 0.164 e. The molecule has 1 unspecified atom stereocenters. The van der Waals surface area contributed by atoms with Crippen LogP contribution in [0.25, 0.3) is 0 Å². The van der Waals surface area contributed by atoms with Crippen molar-refractivity contribution in [2.24, 2.45) is 0 Å². The Labute approximate surface area is 126 Å². The second kappa shape index (κ2) is 7.22. The summed E-state index contributed by atoms with van der Waals surface area (Å²) in [4.78, 5) is 4.25. The number of nitrogens with one attached hydrogen (secondary N) is 1. The fourth-order valence-corrected chi connectivity index (χ4v) is 2.35. The third-order valence-electron chi connectivity index (χ3n) is 3.50. The molecule has 0 aliphatic rings. The maximum absolute atomic E-state index is 6.01. The van der Waals surface area contributed by atoms with E-state index in [1.807, 2.05) is 11.6 Å². The normalized spacial score (nSPS) is 12.4. The fourth-order valence-electron chi connectivity index (χ4n) is 2.35. The fraction of sp³-hybridized carbons (Fsp3) is 0.500. The van der Waals surface area contributed by atoms with Gasteiger partial charge in [0, 0.05) is 18.2 Å². The summed E-state index contributed by atoms with van der Waals surface area (Å²) in [5.74, 6) is 1.76. The second-order valence-electron chi connectivity index (χ2n) is 5.10. The van der Waals surface area contributed by atoms with Crippen LogP contribution in [0.15, 0.2) is 24.5 Å². The van der Waals surface area contributed by atoms with Crippen molar-refractivity contribution in [2.45, 2.75) is 46.9 Å². The molecular formula is C16H24N4O. The van der Waals surface area contributed by atoms with Gasteiger partial charge in [-0.15, -0.1) is 0 Å². The molecule has 0 aliphatic carbocycles. The molecule has 5 heteroatoms. The molecule has 5 nitrogen and oxygen atoms in total. The lowest BCUT2D eigenvalue weighted by Crippen LogP contribution is -2.18. The van der Waals surface area contributed by atoms with E-state index < -0.39 is 0 Å². The number of benzene rings is 1. The molecule has 21 heavy (non-hydrogen) atoms. The average Bonchev–Trinajstić information content (AvgIpc) is 2.92. The number of aryl methyl sites for hydroxylation is 2. The molecule has 0 spiro atoms. The number of hydrogen-bond acceptors (Lipinski definition) is 4. The van der Waals surface area contributed by atoms with Crippen molar-refractivity contribution in [1.82, 2.24) is 20.1 Å². The van der Waals surface area contributed by atoms with Gasteiger partial charge < -0.3 is 10.1 Å². The molecule has 0 bridgehead atoms. The molecule has 0 aliphatic heterocycles. The van der Waals surface area contributed by atoms with Crippen molar-refractivity contribution in [3.05, 3.63) is 41.5 Å². The zero-order valence-corrected chi connectivity index (χ0v) is 13.3. The van der Waals surface area contributed by atoms with Crippen molar-refractivity contribution in [3.63, 3.8) is 0 Å². The number of rotatable bonds is 7. The number of aromatic nitrogens is 3. The van der Waals surface area contributed by atoms with Crippen LogP contribution in [-0.2, 0) is 13.2 Å². The van der Waals surface area contributed by atoms with Crippen molar-refractivity contribution in [3.8, 4) is 5.75 Å². The van der Waals surface area contributed by atoms with Crippen molar-refractivity contribution in [1.29, 1.82) is 0 Å². The van der Waals surface area contributed by atoms with Crippen molar-refractivity contribution >= 4 is 0 Å². The van der Waals surface area contributed by atoms with E-state index in [9.17, 15) is 0 Å². The number of nitrogens with zero attached hydrogens (tertiary/aromatic N) is 3. The van der Waals surface area contributed by atoms with Gasteiger partial charge in [-0.1, -0.05) is 19.1 Å². The SMILES string of the molecule is CCNC(C)c1ccc(C)cc1OCc1ncnn1CC. The Kier molecular flexibility index (Phi) is 5.33. The van der Waals surface area contributed by atoms with Crippen molar-refractivity contribution < 1.29 is 4.74 Å². The summed E-state index contributed by atoms with van der Waals surface area (Å²) < 4.78 is 7.86. The first-order valence-electron chi connectivity index (χ1n) is 7.49. The lowest BCUT2D eigenvalue weighted by molar-refractivity contribution is 0.281. The Morgan fingerprint density at radius 3 is 2.86 bits per heavy atom. The molecule has 1 heterocycles. The third kappa shape index (κ3) is 3.82. The molecule has 0 fully saturated rings. The van der Waals surface area contributed by atoms with Crippen LogP contribution in [0.5, 0.6) is 5.75 Å². The van der Waals surface area contributed by atoms with E-state index in [0.29, 0.717) is 6.61 Å². The van der Waals surface area contributed by atoms with Crippen LogP contribution in [0.1, 0.15) is 43.8 Å². The topological polar surface area (TPSA) is 52.0 Å². The molecule has 0 saturated carbocycles. The van der Waals surface area contributed by atoms with Crippen LogP contribution in [0.3, 0.4) is 0 Å². The summed E-state index contributed by atoms with van der Waals surface area (Å²) >= 11 is 0. The summed E-state index contributed by atoms with van der Waals surface area (Å²) in [6.45, 7) is 10.5. The molecule has 2 rings (SSSR count). The minimum absolute atomic E-state index is 0.259. The molecular weight excluding hydrogens is 264 g/mol. The minimum atomic E-state index is 0.259. The first-order chi connectivity index (χ1) is 10.2. The van der Waals surface area contributed by atoms with E-state index in [1.165, 1.54) is 11.1 Å². The standard InChI is InChI=1S/C16H24N4O/c1-5-17-13(4)14-8-7-12(3)9-15(14)21-10-16-18-11-19-20(16)6-2/h7-9,11,13,17H,5-6,10H2,1-4H3.